The number of aliphatic hydroxyl groups excluding tert-OH is 1. The van der Waals surface area contributed by atoms with E-state index < -0.39 is 34.9 Å². The number of oxime groups is 2. The fourth-order valence-electron chi connectivity index (χ4n) is 4.87. The zero-order valence-corrected chi connectivity index (χ0v) is 30.1. The van der Waals surface area contributed by atoms with E-state index in [0.29, 0.717) is 41.5 Å². The van der Waals surface area contributed by atoms with Gasteiger partial charge in [0.25, 0.3) is 5.56 Å². The molecule has 0 fully saturated rings. The number of aromatic amines is 1. The molecule has 0 aliphatic carbocycles. The summed E-state index contributed by atoms with van der Waals surface area (Å²) in [5, 5.41) is 40.5. The standard InChI is InChI=1S/C32H47N13O8/c1-18-31(2,3)44-51-15-14-37-32(4,5)23(43-53-45-52-42-18)12-13-34-24(46)11-10-22(29(49)50)39-27(47)19-6-8-20(9-7-19)35-16-21-17-36-26-25(38-21)28(48)41-30(33)40-26/h6-9,17,22,27,35,37,39,44-45,47H,10-16H2,1-5H3,(H,34,46)(H,49,50)(H3,33,36,40,41,48)/b42-18+,43-23+. The second-order valence-electron chi connectivity index (χ2n) is 13.2. The van der Waals surface area contributed by atoms with E-state index in [0.717, 1.165) is 0 Å². The number of aliphatic hydroxyl groups is 1. The van der Waals surface area contributed by atoms with Gasteiger partial charge in [0.15, 0.2) is 11.2 Å². The molecule has 0 saturated carbocycles. The number of carboxylic acid groups (broad SMARTS) is 1. The van der Waals surface area contributed by atoms with Gasteiger partial charge in [-0.05, 0) is 58.7 Å². The van der Waals surface area contributed by atoms with Crippen LogP contribution in [0.2, 0.25) is 0 Å². The molecule has 3 heterocycles. The number of nitrogens with zero attached hydrogens (tertiary/aromatic N) is 5. The van der Waals surface area contributed by atoms with Gasteiger partial charge in [0, 0.05) is 31.6 Å². The van der Waals surface area contributed by atoms with Crippen LogP contribution in [0.25, 0.3) is 11.2 Å². The number of nitrogens with two attached hydrogens (primary N) is 1. The molecule has 21 nitrogen and oxygen atoms in total. The highest BCUT2D eigenvalue weighted by atomic mass is 17.0. The van der Waals surface area contributed by atoms with Crippen LogP contribution in [0.5, 0.6) is 0 Å². The number of anilines is 2. The van der Waals surface area contributed by atoms with Gasteiger partial charge in [-0.25, -0.2) is 9.97 Å². The van der Waals surface area contributed by atoms with Crippen molar-refractivity contribution in [3.8, 4) is 0 Å². The predicted molar refractivity (Wildman–Crippen MR) is 194 cm³/mol. The summed E-state index contributed by atoms with van der Waals surface area (Å²) < 4.78 is 0. The van der Waals surface area contributed by atoms with Gasteiger partial charge >= 0.3 is 5.97 Å². The molecule has 1 aliphatic heterocycles. The number of hydrogen-bond acceptors (Lipinski definition) is 18. The van der Waals surface area contributed by atoms with Gasteiger partial charge in [0.05, 0.1) is 53.2 Å². The highest BCUT2D eigenvalue weighted by Gasteiger charge is 2.27. The summed E-state index contributed by atoms with van der Waals surface area (Å²) in [5.74, 6) is -1.66. The summed E-state index contributed by atoms with van der Waals surface area (Å²) in [5.41, 5.74) is 11.8. The number of aliphatic carboxylic acids is 1. The third-order valence-electron chi connectivity index (χ3n) is 8.32. The number of benzene rings is 1. The van der Waals surface area contributed by atoms with Gasteiger partial charge in [0.2, 0.25) is 11.9 Å². The van der Waals surface area contributed by atoms with E-state index in [1.165, 1.54) is 6.20 Å². The Labute approximate surface area is 304 Å². The quantitative estimate of drug-likeness (QED) is 0.104. The average Bonchev–Trinajstić information content (AvgIpc) is 3.10. The minimum Gasteiger partial charge on any atom is -0.480 e. The van der Waals surface area contributed by atoms with Crippen LogP contribution in [0.1, 0.15) is 71.4 Å². The molecule has 0 radical (unpaired) electrons. The minimum absolute atomic E-state index is 0.0520. The molecule has 21 heteroatoms. The Kier molecular flexibility index (Phi) is 14.1. The highest BCUT2D eigenvalue weighted by molar-refractivity contribution is 5.93. The highest BCUT2D eigenvalue weighted by Crippen LogP contribution is 2.17. The number of nitrogen functional groups attached to an aromatic ring is 1. The van der Waals surface area contributed by atoms with E-state index in [2.05, 4.69) is 62.6 Å². The number of carbonyl (C=O) groups is 2. The maximum atomic E-state index is 12.7. The molecular weight excluding hydrogens is 694 g/mol. The Morgan fingerprint density at radius 2 is 1.81 bits per heavy atom. The number of carbonyl (C=O) groups excluding carboxylic acids is 1. The lowest BCUT2D eigenvalue weighted by molar-refractivity contribution is -0.171. The number of hydroxylamine groups is 1. The zero-order chi connectivity index (χ0) is 38.6. The number of carboxylic acids is 1. The van der Waals surface area contributed by atoms with Gasteiger partial charge in [-0.1, -0.05) is 22.4 Å². The van der Waals surface area contributed by atoms with Crippen molar-refractivity contribution in [2.75, 3.05) is 30.7 Å². The lowest BCUT2D eigenvalue weighted by Gasteiger charge is -2.29. The van der Waals surface area contributed by atoms with Gasteiger partial charge in [-0.3, -0.25) is 39.4 Å². The molecule has 1 amide bonds. The van der Waals surface area contributed by atoms with Crippen molar-refractivity contribution in [3.05, 3.63) is 52.1 Å². The number of aromatic nitrogens is 4. The molecule has 11 N–H and O–H groups in total. The Morgan fingerprint density at radius 1 is 1.08 bits per heavy atom. The van der Waals surface area contributed by atoms with Crippen LogP contribution in [0.15, 0.2) is 45.6 Å². The normalized spacial score (nSPS) is 19.5. The summed E-state index contributed by atoms with van der Waals surface area (Å²) in [6, 6.07) is 5.39. The van der Waals surface area contributed by atoms with Crippen molar-refractivity contribution in [3.63, 3.8) is 0 Å². The Hall–Kier alpha value is -5.32. The smallest absolute Gasteiger partial charge is 0.320 e. The number of H-pyrrole nitrogens is 1. The van der Waals surface area contributed by atoms with E-state index in [1.807, 2.05) is 27.7 Å². The first kappa shape index (κ1) is 40.5. The van der Waals surface area contributed by atoms with Crippen molar-refractivity contribution < 1.29 is 34.5 Å². The van der Waals surface area contributed by atoms with E-state index >= 15 is 0 Å². The molecule has 288 valence electrons. The fourth-order valence-corrected chi connectivity index (χ4v) is 4.87. The van der Waals surface area contributed by atoms with E-state index in [4.69, 9.17) is 20.4 Å². The summed E-state index contributed by atoms with van der Waals surface area (Å²) in [7, 11) is 0. The SMILES string of the molecule is C/C1=N\ONO/N=C(\CCNC(=O)CCC(NC(O)c2ccc(NCc3cnc4nc(N)[nH]c(=O)c4n3)cc2)C(=O)O)C(C)(C)NCCONC1(C)C. The number of hydrogen-bond donors (Lipinski definition) is 10. The Balaban J connectivity index is 1.24. The fraction of sp³-hybridized carbons (Fsp3) is 0.500. The van der Waals surface area contributed by atoms with Gasteiger partial charge in [-0.15, -0.1) is 0 Å². The number of amides is 1. The minimum atomic E-state index is -1.33. The zero-order valence-electron chi connectivity index (χ0n) is 30.1. The topological polar surface area (TPSA) is 297 Å². The monoisotopic (exact) mass is 741 g/mol. The molecular formula is C32H47N13O8. The van der Waals surface area contributed by atoms with Crippen molar-refractivity contribution >= 4 is 46.1 Å². The largest absolute Gasteiger partial charge is 0.480 e. The van der Waals surface area contributed by atoms with Crippen molar-refractivity contribution in [2.45, 2.75) is 83.8 Å². The molecule has 1 aromatic carbocycles. The third kappa shape index (κ3) is 12.1. The molecule has 53 heavy (non-hydrogen) atoms. The van der Waals surface area contributed by atoms with Gasteiger partial charge < -0.3 is 31.9 Å². The van der Waals surface area contributed by atoms with E-state index in [-0.39, 0.29) is 55.4 Å². The molecule has 1 aliphatic rings. The number of fused-ring (bicyclic) bond motifs is 1. The summed E-state index contributed by atoms with van der Waals surface area (Å²) in [6.45, 7) is 10.5. The molecule has 0 spiro atoms. The first-order chi connectivity index (χ1) is 25.1. The van der Waals surface area contributed by atoms with Crippen LogP contribution < -0.4 is 43.7 Å². The predicted octanol–water partition coefficient (Wildman–Crippen LogP) is 0.0939. The Morgan fingerprint density at radius 3 is 2.55 bits per heavy atom. The number of rotatable bonds is 13. The summed E-state index contributed by atoms with van der Waals surface area (Å²) in [4.78, 5) is 67.2. The van der Waals surface area contributed by atoms with Crippen LogP contribution in [0.3, 0.4) is 0 Å². The van der Waals surface area contributed by atoms with E-state index in [1.54, 1.807) is 31.2 Å². The Bertz CT molecular complexity index is 1830. The number of nitrogens with one attached hydrogen (secondary N) is 7. The first-order valence-electron chi connectivity index (χ1n) is 16.8. The second kappa shape index (κ2) is 18.4. The van der Waals surface area contributed by atoms with Crippen LogP contribution >= 0.6 is 0 Å². The molecule has 4 rings (SSSR count). The first-order valence-corrected chi connectivity index (χ1v) is 16.8. The van der Waals surface area contributed by atoms with Crippen molar-refractivity contribution in [1.82, 2.24) is 47.0 Å². The summed E-state index contributed by atoms with van der Waals surface area (Å²) in [6.07, 6.45) is 0.229. The van der Waals surface area contributed by atoms with Crippen LogP contribution in [-0.2, 0) is 30.8 Å². The van der Waals surface area contributed by atoms with E-state index in [9.17, 15) is 24.6 Å². The van der Waals surface area contributed by atoms with Crippen molar-refractivity contribution in [1.29, 1.82) is 0 Å². The summed E-state index contributed by atoms with van der Waals surface area (Å²) >= 11 is 0. The van der Waals surface area contributed by atoms with Crippen LogP contribution in [0, 0.1) is 0 Å². The lowest BCUT2D eigenvalue weighted by atomic mass is 9.95. The molecule has 2 aromatic heterocycles. The maximum Gasteiger partial charge on any atom is 0.320 e. The molecule has 0 saturated heterocycles. The molecule has 2 atom stereocenters. The molecule has 2 unspecified atom stereocenters. The molecule has 0 bridgehead atoms. The molecule has 3 aromatic rings. The average molecular weight is 742 g/mol. The maximum absolute atomic E-state index is 12.7. The second-order valence-corrected chi connectivity index (χ2v) is 13.2. The van der Waals surface area contributed by atoms with Gasteiger partial charge in [0.1, 0.15) is 12.3 Å². The lowest BCUT2D eigenvalue weighted by Crippen LogP contribution is -2.51. The van der Waals surface area contributed by atoms with Gasteiger partial charge in [-0.2, -0.15) is 10.5 Å². The van der Waals surface area contributed by atoms with Crippen LogP contribution in [0.4, 0.5) is 11.6 Å². The third-order valence-corrected chi connectivity index (χ3v) is 8.32. The van der Waals surface area contributed by atoms with Crippen molar-refractivity contribution in [2.24, 2.45) is 10.3 Å². The van der Waals surface area contributed by atoms with Crippen LogP contribution in [-0.4, -0.2) is 90.3 Å².